The van der Waals surface area contributed by atoms with Crippen LogP contribution in [0.1, 0.15) is 15.9 Å². The van der Waals surface area contributed by atoms with Gasteiger partial charge in [-0.3, -0.25) is 4.79 Å². The second kappa shape index (κ2) is 4.86. The van der Waals surface area contributed by atoms with Crippen LogP contribution in [0.4, 0.5) is 13.2 Å². The predicted molar refractivity (Wildman–Crippen MR) is 58.5 cm³/mol. The summed E-state index contributed by atoms with van der Waals surface area (Å²) < 4.78 is 37.3. The molecule has 0 aliphatic carbocycles. The van der Waals surface area contributed by atoms with Crippen LogP contribution in [-0.2, 0) is 6.18 Å². The van der Waals surface area contributed by atoms with Gasteiger partial charge in [-0.2, -0.15) is 18.2 Å². The van der Waals surface area contributed by atoms with E-state index in [0.29, 0.717) is 6.07 Å². The van der Waals surface area contributed by atoms with E-state index in [-0.39, 0.29) is 10.0 Å². The van der Waals surface area contributed by atoms with Crippen molar-refractivity contribution in [1.29, 1.82) is 0 Å². The van der Waals surface area contributed by atoms with Crippen molar-refractivity contribution < 1.29 is 18.0 Å². The number of amides is 1. The lowest BCUT2D eigenvalue weighted by atomic mass is 10.1. The fraction of sp³-hybridized carbons (Fsp3) is 0.111. The molecule has 0 N–H and O–H groups in total. The average molecular weight is 310 g/mol. The maximum atomic E-state index is 12.4. The summed E-state index contributed by atoms with van der Waals surface area (Å²) in [5, 5.41) is 1.81. The first-order valence-corrected chi connectivity index (χ1v) is 5.05. The smallest absolute Gasteiger partial charge is 0.266 e. The van der Waals surface area contributed by atoms with E-state index in [0.717, 1.165) is 12.1 Å². The molecular weight excluding hydrogens is 307 g/mol. The Morgan fingerprint density at radius 1 is 1.44 bits per heavy atom. The van der Waals surface area contributed by atoms with Crippen LogP contribution in [0, 0.1) is 0 Å². The third-order valence-electron chi connectivity index (χ3n) is 1.67. The first-order valence-electron chi connectivity index (χ1n) is 3.85. The number of alkyl halides is 3. The van der Waals surface area contributed by atoms with Crippen molar-refractivity contribution in [3.63, 3.8) is 0 Å². The third kappa shape index (κ3) is 2.98. The van der Waals surface area contributed by atoms with Crippen LogP contribution in [0.5, 0.6) is 0 Å². The van der Waals surface area contributed by atoms with Crippen molar-refractivity contribution in [3.05, 3.63) is 33.8 Å². The minimum absolute atomic E-state index is 0.202. The second-order valence-corrected chi connectivity index (χ2v) is 3.74. The number of rotatable bonds is 1. The maximum Gasteiger partial charge on any atom is 0.416 e. The lowest BCUT2D eigenvalue weighted by Crippen LogP contribution is -2.07. The zero-order valence-corrected chi connectivity index (χ0v) is 9.91. The molecule has 1 aromatic carbocycles. The Morgan fingerprint density at radius 2 is 2.06 bits per heavy atom. The van der Waals surface area contributed by atoms with Gasteiger partial charge in [-0.15, -0.1) is 0 Å². The van der Waals surface area contributed by atoms with Gasteiger partial charge in [0.1, 0.15) is 0 Å². The minimum Gasteiger partial charge on any atom is -0.266 e. The first kappa shape index (κ1) is 13.0. The summed E-state index contributed by atoms with van der Waals surface area (Å²) in [5.74, 6) is -0.868. The normalized spacial score (nSPS) is 10.8. The maximum absolute atomic E-state index is 12.4. The highest BCUT2D eigenvalue weighted by molar-refractivity contribution is 9.10. The first-order chi connectivity index (χ1) is 7.36. The second-order valence-electron chi connectivity index (χ2n) is 2.70. The molecule has 0 bridgehead atoms. The summed E-state index contributed by atoms with van der Waals surface area (Å²) in [7, 11) is 0. The van der Waals surface area contributed by atoms with Crippen molar-refractivity contribution in [2.24, 2.45) is 4.99 Å². The molecule has 0 fully saturated rings. The molecule has 0 saturated carbocycles. The van der Waals surface area contributed by atoms with E-state index in [4.69, 9.17) is 0 Å². The summed E-state index contributed by atoms with van der Waals surface area (Å²) >= 11 is 7.16. The fourth-order valence-corrected chi connectivity index (χ4v) is 1.47. The van der Waals surface area contributed by atoms with Crippen molar-refractivity contribution >= 4 is 39.2 Å². The highest BCUT2D eigenvalue weighted by Gasteiger charge is 2.31. The van der Waals surface area contributed by atoms with Gasteiger partial charge in [-0.25, -0.2) is 0 Å². The number of benzene rings is 1. The molecule has 0 atom stereocenters. The Labute approximate surface area is 102 Å². The Bertz CT molecular complexity index is 480. The Morgan fingerprint density at radius 3 is 2.56 bits per heavy atom. The number of hydrogen-bond donors (Lipinski definition) is 0. The third-order valence-corrected chi connectivity index (χ3v) is 2.45. The van der Waals surface area contributed by atoms with Crippen LogP contribution in [-0.4, -0.2) is 11.1 Å². The van der Waals surface area contributed by atoms with Crippen molar-refractivity contribution in [1.82, 2.24) is 0 Å². The van der Waals surface area contributed by atoms with Gasteiger partial charge in [-0.05, 0) is 46.3 Å². The van der Waals surface area contributed by atoms with Crippen molar-refractivity contribution in [2.45, 2.75) is 6.18 Å². The lowest BCUT2D eigenvalue weighted by Gasteiger charge is -2.08. The molecule has 0 saturated heterocycles. The van der Waals surface area contributed by atoms with Gasteiger partial charge in [-0.1, -0.05) is 0 Å². The molecule has 0 unspecified atom stereocenters. The van der Waals surface area contributed by atoms with Crippen molar-refractivity contribution in [3.8, 4) is 0 Å². The number of isothiocyanates is 1. The van der Waals surface area contributed by atoms with Gasteiger partial charge in [0.05, 0.1) is 16.3 Å². The molecule has 0 radical (unpaired) electrons. The molecule has 84 valence electrons. The van der Waals surface area contributed by atoms with E-state index in [9.17, 15) is 18.0 Å². The Balaban J connectivity index is 3.29. The van der Waals surface area contributed by atoms with Gasteiger partial charge in [0.2, 0.25) is 0 Å². The van der Waals surface area contributed by atoms with E-state index in [1.165, 1.54) is 0 Å². The van der Waals surface area contributed by atoms with Crippen LogP contribution in [0.3, 0.4) is 0 Å². The van der Waals surface area contributed by atoms with Gasteiger partial charge in [0.15, 0.2) is 0 Å². The topological polar surface area (TPSA) is 29.4 Å². The number of aliphatic imine (C=N–C) groups is 1. The molecule has 0 heterocycles. The molecule has 0 spiro atoms. The van der Waals surface area contributed by atoms with Crippen LogP contribution in [0.15, 0.2) is 27.7 Å². The molecule has 7 heteroatoms. The van der Waals surface area contributed by atoms with E-state index in [1.807, 2.05) is 5.16 Å². The number of halogens is 4. The van der Waals surface area contributed by atoms with Crippen LogP contribution in [0.25, 0.3) is 0 Å². The number of carbonyl (C=O) groups excluding carboxylic acids is 1. The molecule has 1 rings (SSSR count). The summed E-state index contributed by atoms with van der Waals surface area (Å²) in [6, 6.07) is 2.71. The molecular formula is C9H3BrF3NOS. The molecule has 1 amide bonds. The Hall–Kier alpha value is -1.04. The lowest BCUT2D eigenvalue weighted by molar-refractivity contribution is -0.137. The van der Waals surface area contributed by atoms with Crippen molar-refractivity contribution in [2.75, 3.05) is 0 Å². The number of hydrogen-bond acceptors (Lipinski definition) is 2. The number of thiocarbonyl (C=S) groups is 1. The van der Waals surface area contributed by atoms with Gasteiger partial charge >= 0.3 is 6.18 Å². The van der Waals surface area contributed by atoms with Gasteiger partial charge in [0, 0.05) is 4.47 Å². The summed E-state index contributed by atoms with van der Waals surface area (Å²) in [5.41, 5.74) is -1.12. The van der Waals surface area contributed by atoms with E-state index >= 15 is 0 Å². The van der Waals surface area contributed by atoms with Gasteiger partial charge < -0.3 is 0 Å². The molecule has 0 aromatic heterocycles. The highest BCUT2D eigenvalue weighted by atomic mass is 79.9. The van der Waals surface area contributed by atoms with E-state index in [1.54, 1.807) is 0 Å². The quantitative estimate of drug-likeness (QED) is 0.584. The average Bonchev–Trinajstić information content (AvgIpc) is 2.16. The zero-order chi connectivity index (χ0) is 12.3. The Kier molecular flexibility index (Phi) is 3.96. The molecule has 2 nitrogen and oxygen atoms in total. The molecule has 0 aliphatic heterocycles. The standard InChI is InChI=1S/C9H3BrF3NOS/c10-7-2-1-5(9(11,12)13)3-6(7)8(15)14-4-16/h1-3H. The van der Waals surface area contributed by atoms with Crippen LogP contribution in [0.2, 0.25) is 0 Å². The molecule has 0 aliphatic rings. The summed E-state index contributed by atoms with van der Waals surface area (Å²) in [4.78, 5) is 14.4. The summed E-state index contributed by atoms with van der Waals surface area (Å²) in [6.07, 6.45) is -4.50. The monoisotopic (exact) mass is 309 g/mol. The zero-order valence-electron chi connectivity index (χ0n) is 7.51. The minimum atomic E-state index is -4.50. The number of carbonyl (C=O) groups is 1. The SMILES string of the molecule is O=C(N=C=S)c1cc(C(F)(F)F)ccc1Br. The van der Waals surface area contributed by atoms with Crippen LogP contribution < -0.4 is 0 Å². The summed E-state index contributed by atoms with van der Waals surface area (Å²) in [6.45, 7) is 0. The fourth-order valence-electron chi connectivity index (χ4n) is 0.967. The predicted octanol–water partition coefficient (Wildman–Crippen LogP) is 3.71. The molecule has 16 heavy (non-hydrogen) atoms. The molecule has 1 aromatic rings. The number of nitrogens with zero attached hydrogens (tertiary/aromatic N) is 1. The van der Waals surface area contributed by atoms with E-state index in [2.05, 4.69) is 33.1 Å². The van der Waals surface area contributed by atoms with Gasteiger partial charge in [0.25, 0.3) is 5.91 Å². The highest BCUT2D eigenvalue weighted by Crippen LogP contribution is 2.32. The largest absolute Gasteiger partial charge is 0.416 e. The van der Waals surface area contributed by atoms with E-state index < -0.39 is 17.6 Å². The van der Waals surface area contributed by atoms with Crippen LogP contribution >= 0.6 is 28.1 Å².